The van der Waals surface area contributed by atoms with Crippen molar-refractivity contribution in [3.8, 4) is 6.07 Å². The fourth-order valence-corrected chi connectivity index (χ4v) is 1.23. The molecule has 0 aromatic carbocycles. The highest BCUT2D eigenvalue weighted by Gasteiger charge is 1.96. The molecule has 0 aliphatic carbocycles. The summed E-state index contributed by atoms with van der Waals surface area (Å²) in [7, 11) is 0. The van der Waals surface area contributed by atoms with Crippen LogP contribution >= 0.6 is 0 Å². The van der Waals surface area contributed by atoms with Gasteiger partial charge in [-0.1, -0.05) is 19.8 Å². The van der Waals surface area contributed by atoms with Crippen molar-refractivity contribution in [2.75, 3.05) is 0 Å². The molecule has 0 saturated carbocycles. The first-order chi connectivity index (χ1) is 5.86. The molecule has 0 spiro atoms. The third-order valence-electron chi connectivity index (χ3n) is 1.93. The van der Waals surface area contributed by atoms with Crippen molar-refractivity contribution in [3.05, 3.63) is 23.5 Å². The van der Waals surface area contributed by atoms with Gasteiger partial charge < -0.3 is 4.98 Å². The Kier molecular flexibility index (Phi) is 3.40. The molecule has 0 aliphatic rings. The van der Waals surface area contributed by atoms with Gasteiger partial charge in [0.15, 0.2) is 0 Å². The maximum absolute atomic E-state index is 8.54. The molecule has 64 valence electrons. The minimum absolute atomic E-state index is 0.668. The Hall–Kier alpha value is -1.23. The van der Waals surface area contributed by atoms with Crippen LogP contribution < -0.4 is 0 Å². The maximum Gasteiger partial charge on any atom is 0.117 e. The average Bonchev–Trinajstić information content (AvgIpc) is 2.53. The summed E-state index contributed by atoms with van der Waals surface area (Å²) in [5.74, 6) is 0. The Morgan fingerprint density at radius 3 is 2.92 bits per heavy atom. The van der Waals surface area contributed by atoms with Crippen LogP contribution in [0.2, 0.25) is 0 Å². The van der Waals surface area contributed by atoms with Gasteiger partial charge in [-0.2, -0.15) is 5.26 Å². The van der Waals surface area contributed by atoms with E-state index >= 15 is 0 Å². The maximum atomic E-state index is 8.54. The number of nitriles is 1. The Labute approximate surface area is 73.2 Å². The summed E-state index contributed by atoms with van der Waals surface area (Å²) in [6.45, 7) is 2.19. The lowest BCUT2D eigenvalue weighted by atomic mass is 10.1. The number of rotatable bonds is 4. The molecule has 12 heavy (non-hydrogen) atoms. The lowest BCUT2D eigenvalue weighted by Gasteiger charge is -1.93. The fourth-order valence-electron chi connectivity index (χ4n) is 1.23. The monoisotopic (exact) mass is 162 g/mol. The highest BCUT2D eigenvalue weighted by molar-refractivity contribution is 5.26. The minimum atomic E-state index is 0.668. The van der Waals surface area contributed by atoms with Crippen molar-refractivity contribution in [2.24, 2.45) is 0 Å². The first-order valence-electron chi connectivity index (χ1n) is 4.44. The van der Waals surface area contributed by atoms with Gasteiger partial charge in [-0.25, -0.2) is 0 Å². The normalized spacial score (nSPS) is 9.67. The third-order valence-corrected chi connectivity index (χ3v) is 1.93. The second kappa shape index (κ2) is 4.61. The van der Waals surface area contributed by atoms with Gasteiger partial charge in [0.05, 0.1) is 0 Å². The molecule has 1 aromatic rings. The third kappa shape index (κ3) is 2.43. The van der Waals surface area contributed by atoms with Crippen LogP contribution in [0.4, 0.5) is 0 Å². The molecule has 0 bridgehead atoms. The van der Waals surface area contributed by atoms with Gasteiger partial charge in [0.25, 0.3) is 0 Å². The van der Waals surface area contributed by atoms with Crippen LogP contribution in [0.3, 0.4) is 0 Å². The standard InChI is InChI=1S/C10H14N2/c1-2-3-4-5-9-6-10(7-11)12-8-9/h6,8,12H,2-5H2,1H3. The predicted molar refractivity (Wildman–Crippen MR) is 48.7 cm³/mol. The number of hydrogen-bond donors (Lipinski definition) is 1. The lowest BCUT2D eigenvalue weighted by Crippen LogP contribution is -1.80. The van der Waals surface area contributed by atoms with Crippen LogP contribution in [0.15, 0.2) is 12.3 Å². The number of nitrogens with zero attached hydrogens (tertiary/aromatic N) is 1. The van der Waals surface area contributed by atoms with Crippen LogP contribution in [0, 0.1) is 11.3 Å². The molecule has 0 atom stereocenters. The summed E-state index contributed by atoms with van der Waals surface area (Å²) in [6, 6.07) is 4.01. The average molecular weight is 162 g/mol. The van der Waals surface area contributed by atoms with Gasteiger partial charge in [-0.15, -0.1) is 0 Å². The Balaban J connectivity index is 2.38. The van der Waals surface area contributed by atoms with Crippen molar-refractivity contribution in [1.82, 2.24) is 4.98 Å². The summed E-state index contributed by atoms with van der Waals surface area (Å²) in [6.07, 6.45) is 6.75. The Morgan fingerprint density at radius 1 is 1.50 bits per heavy atom. The summed E-state index contributed by atoms with van der Waals surface area (Å²) in [4.78, 5) is 2.92. The number of aromatic nitrogens is 1. The first kappa shape index (κ1) is 8.86. The van der Waals surface area contributed by atoms with E-state index in [1.54, 1.807) is 0 Å². The zero-order chi connectivity index (χ0) is 8.81. The van der Waals surface area contributed by atoms with Gasteiger partial charge in [0.2, 0.25) is 0 Å². The molecule has 2 nitrogen and oxygen atoms in total. The highest BCUT2D eigenvalue weighted by atomic mass is 14.7. The second-order valence-electron chi connectivity index (χ2n) is 2.99. The first-order valence-corrected chi connectivity index (χ1v) is 4.44. The van der Waals surface area contributed by atoms with Crippen molar-refractivity contribution < 1.29 is 0 Å². The van der Waals surface area contributed by atoms with Gasteiger partial charge >= 0.3 is 0 Å². The van der Waals surface area contributed by atoms with Gasteiger partial charge in [-0.05, 0) is 24.5 Å². The zero-order valence-corrected chi connectivity index (χ0v) is 7.43. The minimum Gasteiger partial charge on any atom is -0.353 e. The number of aromatic amines is 1. The van der Waals surface area contributed by atoms with Crippen molar-refractivity contribution in [1.29, 1.82) is 5.26 Å². The molecule has 1 heterocycles. The van der Waals surface area contributed by atoms with Gasteiger partial charge in [-0.3, -0.25) is 0 Å². The number of nitrogens with one attached hydrogen (secondary N) is 1. The summed E-state index contributed by atoms with van der Waals surface area (Å²) in [5, 5.41) is 8.54. The molecule has 2 heteroatoms. The molecule has 0 amide bonds. The molecule has 1 aromatic heterocycles. The molecule has 0 fully saturated rings. The van der Waals surface area contributed by atoms with Gasteiger partial charge in [0, 0.05) is 6.20 Å². The smallest absolute Gasteiger partial charge is 0.117 e. The number of aryl methyl sites for hydroxylation is 1. The molecular formula is C10H14N2. The van der Waals surface area contributed by atoms with Crippen LogP contribution in [0.1, 0.15) is 37.4 Å². The largest absolute Gasteiger partial charge is 0.353 e. The van der Waals surface area contributed by atoms with Gasteiger partial charge in [0.1, 0.15) is 11.8 Å². The van der Waals surface area contributed by atoms with E-state index in [9.17, 15) is 0 Å². The van der Waals surface area contributed by atoms with Crippen LogP contribution in [0.5, 0.6) is 0 Å². The lowest BCUT2D eigenvalue weighted by molar-refractivity contribution is 0.718. The summed E-state index contributed by atoms with van der Waals surface area (Å²) < 4.78 is 0. The second-order valence-corrected chi connectivity index (χ2v) is 2.99. The van der Waals surface area contributed by atoms with Crippen molar-refractivity contribution >= 4 is 0 Å². The number of unbranched alkanes of at least 4 members (excludes halogenated alkanes) is 2. The highest BCUT2D eigenvalue weighted by Crippen LogP contribution is 2.07. The van der Waals surface area contributed by atoms with E-state index in [0.29, 0.717) is 5.69 Å². The number of H-pyrrole nitrogens is 1. The molecule has 0 aliphatic heterocycles. The van der Waals surface area contributed by atoms with E-state index in [1.165, 1.54) is 24.8 Å². The topological polar surface area (TPSA) is 39.6 Å². The van der Waals surface area contributed by atoms with Crippen LogP contribution in [0.25, 0.3) is 0 Å². The van der Waals surface area contributed by atoms with E-state index in [1.807, 2.05) is 12.3 Å². The molecule has 0 radical (unpaired) electrons. The molecular weight excluding hydrogens is 148 g/mol. The molecule has 0 unspecified atom stereocenters. The zero-order valence-electron chi connectivity index (χ0n) is 7.43. The Bertz CT molecular complexity index is 268. The fraction of sp³-hybridized carbons (Fsp3) is 0.500. The molecule has 1 N–H and O–H groups in total. The molecule has 1 rings (SSSR count). The van der Waals surface area contributed by atoms with Crippen LogP contribution in [-0.4, -0.2) is 4.98 Å². The predicted octanol–water partition coefficient (Wildman–Crippen LogP) is 2.62. The van der Waals surface area contributed by atoms with E-state index < -0.39 is 0 Å². The SMILES string of the molecule is CCCCCc1c[nH]c(C#N)c1. The van der Waals surface area contributed by atoms with E-state index in [2.05, 4.69) is 18.0 Å². The van der Waals surface area contributed by atoms with Crippen molar-refractivity contribution in [3.63, 3.8) is 0 Å². The summed E-state index contributed by atoms with van der Waals surface area (Å²) in [5.41, 5.74) is 1.92. The van der Waals surface area contributed by atoms with Crippen LogP contribution in [-0.2, 0) is 6.42 Å². The van der Waals surface area contributed by atoms with E-state index in [0.717, 1.165) is 6.42 Å². The quantitative estimate of drug-likeness (QED) is 0.679. The summed E-state index contributed by atoms with van der Waals surface area (Å²) >= 11 is 0. The van der Waals surface area contributed by atoms with Crippen molar-refractivity contribution in [2.45, 2.75) is 32.6 Å². The Morgan fingerprint density at radius 2 is 2.33 bits per heavy atom. The van der Waals surface area contributed by atoms with E-state index in [-0.39, 0.29) is 0 Å². The molecule has 0 saturated heterocycles. The van der Waals surface area contributed by atoms with E-state index in [4.69, 9.17) is 5.26 Å². The number of hydrogen-bond acceptors (Lipinski definition) is 1.